The SMILES string of the molecule is Cc1c(N/N=C(\C(=O)c2cccc3ccccc23)S(=O)(=O)c2ccccc2)c(=O)n(-c2ccccc2)n1C. The van der Waals surface area contributed by atoms with E-state index in [1.807, 2.05) is 36.4 Å². The third-order valence-corrected chi connectivity index (χ3v) is 8.04. The van der Waals surface area contributed by atoms with Crippen molar-refractivity contribution in [2.24, 2.45) is 12.1 Å². The fourth-order valence-corrected chi connectivity index (χ4v) is 5.55. The van der Waals surface area contributed by atoms with Gasteiger partial charge in [0.05, 0.1) is 16.3 Å². The highest BCUT2D eigenvalue weighted by Crippen LogP contribution is 2.23. The van der Waals surface area contributed by atoms with Crippen molar-refractivity contribution in [1.82, 2.24) is 9.36 Å². The van der Waals surface area contributed by atoms with Crippen LogP contribution in [0.4, 0.5) is 5.69 Å². The minimum absolute atomic E-state index is 0.0582. The van der Waals surface area contributed by atoms with Crippen molar-refractivity contribution in [2.45, 2.75) is 11.8 Å². The second-order valence-electron chi connectivity index (χ2n) is 8.64. The number of nitrogens with zero attached hydrogens (tertiary/aromatic N) is 3. The van der Waals surface area contributed by atoms with Crippen LogP contribution in [0.2, 0.25) is 0 Å². The molecule has 5 rings (SSSR count). The molecular formula is C29H24N4O4S. The number of rotatable bonds is 6. The van der Waals surface area contributed by atoms with Crippen molar-refractivity contribution in [3.05, 3.63) is 125 Å². The van der Waals surface area contributed by atoms with Gasteiger partial charge in [-0.2, -0.15) is 5.10 Å². The molecule has 0 amide bonds. The number of ketones is 1. The number of anilines is 1. The third-order valence-electron chi connectivity index (χ3n) is 6.36. The molecule has 0 saturated carbocycles. The van der Waals surface area contributed by atoms with E-state index in [2.05, 4.69) is 10.5 Å². The van der Waals surface area contributed by atoms with Crippen LogP contribution in [-0.2, 0) is 16.9 Å². The van der Waals surface area contributed by atoms with Crippen LogP contribution in [0.15, 0.2) is 118 Å². The highest BCUT2D eigenvalue weighted by atomic mass is 32.2. The van der Waals surface area contributed by atoms with Crippen molar-refractivity contribution >= 4 is 37.1 Å². The number of hydrogen-bond acceptors (Lipinski definition) is 6. The number of benzene rings is 4. The minimum atomic E-state index is -4.35. The van der Waals surface area contributed by atoms with E-state index in [0.717, 1.165) is 5.39 Å². The van der Waals surface area contributed by atoms with Gasteiger partial charge in [-0.05, 0) is 42.0 Å². The topological polar surface area (TPSA) is 103 Å². The Morgan fingerprint density at radius 3 is 2.13 bits per heavy atom. The van der Waals surface area contributed by atoms with E-state index in [1.54, 1.807) is 73.3 Å². The Kier molecular flexibility index (Phi) is 6.52. The summed E-state index contributed by atoms with van der Waals surface area (Å²) in [4.78, 5) is 27.1. The monoisotopic (exact) mass is 524 g/mol. The summed E-state index contributed by atoms with van der Waals surface area (Å²) in [7, 11) is -2.64. The number of carbonyl (C=O) groups is 1. The summed E-state index contributed by atoms with van der Waals surface area (Å²) >= 11 is 0. The Morgan fingerprint density at radius 2 is 1.42 bits per heavy atom. The van der Waals surface area contributed by atoms with Gasteiger partial charge in [0.25, 0.3) is 5.56 Å². The lowest BCUT2D eigenvalue weighted by atomic mass is 10.0. The summed E-state index contributed by atoms with van der Waals surface area (Å²) in [6.45, 7) is 1.70. The quantitative estimate of drug-likeness (QED) is 0.150. The van der Waals surface area contributed by atoms with Gasteiger partial charge in [0.1, 0.15) is 5.69 Å². The van der Waals surface area contributed by atoms with Crippen LogP contribution < -0.4 is 11.0 Å². The van der Waals surface area contributed by atoms with Gasteiger partial charge in [-0.3, -0.25) is 19.7 Å². The Morgan fingerprint density at radius 1 is 0.816 bits per heavy atom. The molecule has 0 unspecified atom stereocenters. The van der Waals surface area contributed by atoms with Crippen molar-refractivity contribution in [2.75, 3.05) is 5.43 Å². The molecule has 8 nitrogen and oxygen atoms in total. The van der Waals surface area contributed by atoms with Gasteiger partial charge in [0.2, 0.25) is 20.7 Å². The molecule has 38 heavy (non-hydrogen) atoms. The first kappa shape index (κ1) is 24.9. The summed E-state index contributed by atoms with van der Waals surface area (Å²) < 4.78 is 30.4. The van der Waals surface area contributed by atoms with Crippen LogP contribution in [0.25, 0.3) is 16.5 Å². The first-order valence-corrected chi connectivity index (χ1v) is 13.3. The predicted molar refractivity (Wildman–Crippen MR) is 149 cm³/mol. The Bertz CT molecular complexity index is 1850. The average molecular weight is 525 g/mol. The molecule has 1 heterocycles. The number of para-hydroxylation sites is 1. The number of aromatic nitrogens is 2. The number of carbonyl (C=O) groups excluding carboxylic acids is 1. The molecular weight excluding hydrogens is 500 g/mol. The molecule has 1 aromatic heterocycles. The van der Waals surface area contributed by atoms with E-state index in [-0.39, 0.29) is 16.1 Å². The van der Waals surface area contributed by atoms with E-state index in [1.165, 1.54) is 16.8 Å². The maximum Gasteiger partial charge on any atom is 0.296 e. The van der Waals surface area contributed by atoms with Gasteiger partial charge in [-0.25, -0.2) is 13.1 Å². The van der Waals surface area contributed by atoms with Gasteiger partial charge in [-0.15, -0.1) is 0 Å². The largest absolute Gasteiger partial charge is 0.296 e. The normalized spacial score (nSPS) is 12.0. The maximum atomic E-state index is 13.8. The molecule has 9 heteroatoms. The molecule has 0 aliphatic heterocycles. The Labute approximate surface area is 219 Å². The number of hydrogen-bond donors (Lipinski definition) is 1. The molecule has 0 atom stereocenters. The van der Waals surface area contributed by atoms with Crippen LogP contribution in [0, 0.1) is 6.92 Å². The van der Waals surface area contributed by atoms with E-state index >= 15 is 0 Å². The second-order valence-corrected chi connectivity index (χ2v) is 10.5. The second kappa shape index (κ2) is 9.95. The van der Waals surface area contributed by atoms with Crippen LogP contribution in [-0.4, -0.2) is 28.6 Å². The van der Waals surface area contributed by atoms with Crippen molar-refractivity contribution < 1.29 is 13.2 Å². The smallest absolute Gasteiger partial charge is 0.286 e. The lowest BCUT2D eigenvalue weighted by Crippen LogP contribution is -2.27. The van der Waals surface area contributed by atoms with E-state index in [0.29, 0.717) is 16.8 Å². The summed E-state index contributed by atoms with van der Waals surface area (Å²) in [5, 5.41) is 4.76. The lowest BCUT2D eigenvalue weighted by Gasteiger charge is -2.10. The summed E-state index contributed by atoms with van der Waals surface area (Å²) in [6, 6.07) is 28.9. The molecule has 1 N–H and O–H groups in total. The number of nitrogens with one attached hydrogen (secondary N) is 1. The third kappa shape index (κ3) is 4.33. The Hall–Kier alpha value is -4.76. The summed E-state index contributed by atoms with van der Waals surface area (Å²) in [5.74, 6) is -0.782. The van der Waals surface area contributed by atoms with Crippen LogP contribution in [0.1, 0.15) is 16.1 Å². The minimum Gasteiger partial charge on any atom is -0.286 e. The number of sulfone groups is 1. The molecule has 4 aromatic carbocycles. The Balaban J connectivity index is 1.66. The van der Waals surface area contributed by atoms with Crippen molar-refractivity contribution in [1.29, 1.82) is 0 Å². The highest BCUT2D eigenvalue weighted by molar-refractivity contribution is 8.08. The standard InChI is InChI=1S/C29H24N4O4S/c1-20-26(29(35)33(32(20)2)22-14-5-3-6-15-22)30-31-28(38(36,37)23-16-7-4-8-17-23)27(34)25-19-11-13-21-12-9-10-18-24(21)25/h3-19,30H,1-2H3/b31-28+. The molecule has 0 aliphatic carbocycles. The molecule has 0 fully saturated rings. The van der Waals surface area contributed by atoms with E-state index < -0.39 is 26.2 Å². The molecule has 0 bridgehead atoms. The summed E-state index contributed by atoms with van der Waals surface area (Å²) in [6.07, 6.45) is 0. The van der Waals surface area contributed by atoms with Crippen LogP contribution in [0.5, 0.6) is 0 Å². The number of hydrazone groups is 1. The first-order chi connectivity index (χ1) is 18.3. The lowest BCUT2D eigenvalue weighted by molar-refractivity contribution is 0.107. The zero-order valence-electron chi connectivity index (χ0n) is 20.7. The number of Topliss-reactive ketones (excluding diaryl/α,β-unsaturated/α-hetero) is 1. The van der Waals surface area contributed by atoms with Gasteiger partial charge in [0.15, 0.2) is 0 Å². The zero-order chi connectivity index (χ0) is 26.9. The fraction of sp³-hybridized carbons (Fsp3) is 0.0690. The first-order valence-electron chi connectivity index (χ1n) is 11.8. The fourth-order valence-electron chi connectivity index (χ4n) is 4.29. The van der Waals surface area contributed by atoms with Gasteiger partial charge < -0.3 is 0 Å². The molecule has 0 radical (unpaired) electrons. The van der Waals surface area contributed by atoms with Gasteiger partial charge in [0, 0.05) is 12.6 Å². The molecule has 190 valence electrons. The maximum absolute atomic E-state index is 13.8. The zero-order valence-corrected chi connectivity index (χ0v) is 21.5. The van der Waals surface area contributed by atoms with Gasteiger partial charge >= 0.3 is 0 Å². The van der Waals surface area contributed by atoms with E-state index in [9.17, 15) is 18.0 Å². The highest BCUT2D eigenvalue weighted by Gasteiger charge is 2.31. The molecule has 0 spiro atoms. The molecule has 0 aliphatic rings. The van der Waals surface area contributed by atoms with Crippen molar-refractivity contribution in [3.8, 4) is 5.69 Å². The molecule has 5 aromatic rings. The summed E-state index contributed by atoms with van der Waals surface area (Å²) in [5.41, 5.74) is 3.57. The predicted octanol–water partition coefficient (Wildman–Crippen LogP) is 4.72. The average Bonchev–Trinajstić information content (AvgIpc) is 3.16. The molecule has 0 saturated heterocycles. The van der Waals surface area contributed by atoms with Gasteiger partial charge in [-0.1, -0.05) is 78.9 Å². The van der Waals surface area contributed by atoms with Crippen molar-refractivity contribution in [3.63, 3.8) is 0 Å². The number of fused-ring (bicyclic) bond motifs is 1. The van der Waals surface area contributed by atoms with Crippen LogP contribution in [0.3, 0.4) is 0 Å². The van der Waals surface area contributed by atoms with Crippen LogP contribution >= 0.6 is 0 Å². The van der Waals surface area contributed by atoms with E-state index in [4.69, 9.17) is 0 Å².